The van der Waals surface area contributed by atoms with Gasteiger partial charge in [-0.05, 0) is 6.92 Å². The average molecular weight is 287 g/mol. The fourth-order valence-corrected chi connectivity index (χ4v) is 1.98. The van der Waals surface area contributed by atoms with Crippen LogP contribution in [0.3, 0.4) is 0 Å². The third kappa shape index (κ3) is 3.10. The van der Waals surface area contributed by atoms with Crippen LogP contribution < -0.4 is 11.3 Å². The first-order valence-electron chi connectivity index (χ1n) is 6.62. The van der Waals surface area contributed by atoms with Gasteiger partial charge in [0, 0.05) is 24.6 Å². The Labute approximate surface area is 122 Å². The van der Waals surface area contributed by atoms with Crippen LogP contribution in [0.5, 0.6) is 0 Å². The molecule has 0 spiro atoms. The van der Waals surface area contributed by atoms with Gasteiger partial charge >= 0.3 is 5.97 Å². The van der Waals surface area contributed by atoms with Crippen LogP contribution in [0.15, 0.2) is 35.1 Å². The number of nitrogens with two attached hydrogens (primary N) is 1. The van der Waals surface area contributed by atoms with Crippen molar-refractivity contribution >= 4 is 11.7 Å². The summed E-state index contributed by atoms with van der Waals surface area (Å²) in [4.78, 5) is 23.1. The lowest BCUT2D eigenvalue weighted by Crippen LogP contribution is -2.27. The van der Waals surface area contributed by atoms with E-state index in [1.165, 1.54) is 11.6 Å². The molecule has 0 aliphatic rings. The Balaban J connectivity index is 2.62. The Morgan fingerprint density at radius 2 is 2.00 bits per heavy atom. The molecule has 6 heteroatoms. The second-order valence-electron chi connectivity index (χ2n) is 4.51. The topological polar surface area (TPSA) is 87.2 Å². The zero-order valence-corrected chi connectivity index (χ0v) is 12.0. The third-order valence-corrected chi connectivity index (χ3v) is 3.06. The van der Waals surface area contributed by atoms with Crippen molar-refractivity contribution < 1.29 is 9.53 Å². The number of aromatic nitrogens is 2. The number of anilines is 1. The second kappa shape index (κ2) is 6.21. The molecule has 21 heavy (non-hydrogen) atoms. The van der Waals surface area contributed by atoms with Gasteiger partial charge in [0.1, 0.15) is 12.3 Å². The molecule has 6 nitrogen and oxygen atoms in total. The van der Waals surface area contributed by atoms with Gasteiger partial charge in [-0.1, -0.05) is 30.3 Å². The summed E-state index contributed by atoms with van der Waals surface area (Å²) >= 11 is 0. The van der Waals surface area contributed by atoms with E-state index < -0.39 is 5.97 Å². The number of esters is 1. The van der Waals surface area contributed by atoms with E-state index in [2.05, 4.69) is 5.10 Å². The monoisotopic (exact) mass is 287 g/mol. The fraction of sp³-hybridized carbons (Fsp3) is 0.267. The lowest BCUT2D eigenvalue weighted by Gasteiger charge is -2.14. The van der Waals surface area contributed by atoms with E-state index in [4.69, 9.17) is 10.5 Å². The van der Waals surface area contributed by atoms with E-state index in [1.54, 1.807) is 0 Å². The van der Waals surface area contributed by atoms with Gasteiger partial charge in [0.2, 0.25) is 0 Å². The van der Waals surface area contributed by atoms with Gasteiger partial charge in [-0.3, -0.25) is 9.59 Å². The van der Waals surface area contributed by atoms with Gasteiger partial charge in [0.05, 0.1) is 5.69 Å². The van der Waals surface area contributed by atoms with Crippen molar-refractivity contribution in [3.63, 3.8) is 0 Å². The summed E-state index contributed by atoms with van der Waals surface area (Å²) in [6.07, 6.45) is 0. The Kier molecular flexibility index (Phi) is 4.37. The van der Waals surface area contributed by atoms with Crippen LogP contribution >= 0.6 is 0 Å². The van der Waals surface area contributed by atoms with Crippen molar-refractivity contribution in [2.45, 2.75) is 27.0 Å². The quantitative estimate of drug-likeness (QED) is 0.862. The maximum absolute atomic E-state index is 12.1. The van der Waals surface area contributed by atoms with E-state index in [0.717, 1.165) is 5.56 Å². The molecule has 0 fully saturated rings. The van der Waals surface area contributed by atoms with Crippen molar-refractivity contribution in [3.8, 4) is 11.3 Å². The molecule has 0 aliphatic carbocycles. The van der Waals surface area contributed by atoms with Crippen LogP contribution in [0.4, 0.5) is 5.69 Å². The van der Waals surface area contributed by atoms with Crippen molar-refractivity contribution in [1.29, 1.82) is 0 Å². The van der Waals surface area contributed by atoms with Crippen LogP contribution in [0.25, 0.3) is 11.3 Å². The molecule has 2 rings (SSSR count). The highest BCUT2D eigenvalue weighted by Crippen LogP contribution is 2.24. The minimum absolute atomic E-state index is 0.0620. The van der Waals surface area contributed by atoms with E-state index in [1.807, 2.05) is 37.3 Å². The Hall–Kier alpha value is -2.63. The van der Waals surface area contributed by atoms with Gasteiger partial charge in [-0.15, -0.1) is 0 Å². The third-order valence-electron chi connectivity index (χ3n) is 3.06. The summed E-state index contributed by atoms with van der Waals surface area (Å²) in [6.45, 7) is 3.46. The highest BCUT2D eigenvalue weighted by molar-refractivity contribution is 5.70. The molecule has 1 aromatic carbocycles. The molecule has 0 radical (unpaired) electrons. The Morgan fingerprint density at radius 3 is 2.57 bits per heavy atom. The minimum Gasteiger partial charge on any atom is -0.461 e. The lowest BCUT2D eigenvalue weighted by atomic mass is 10.1. The number of carbonyl (C=O) groups is 1. The average Bonchev–Trinajstić information content (AvgIpc) is 2.49. The number of nitrogens with zero attached hydrogens (tertiary/aromatic N) is 2. The predicted octanol–water partition coefficient (Wildman–Crippen LogP) is 1.58. The SMILES string of the molecule is CCn1nc(-c2ccccc2)c(COC(C)=O)c(N)c1=O. The number of hydrogen-bond acceptors (Lipinski definition) is 5. The van der Waals surface area contributed by atoms with Gasteiger partial charge in [0.15, 0.2) is 0 Å². The van der Waals surface area contributed by atoms with Crippen LogP contribution in [-0.2, 0) is 22.7 Å². The van der Waals surface area contributed by atoms with Crippen molar-refractivity contribution in [2.24, 2.45) is 0 Å². The zero-order valence-electron chi connectivity index (χ0n) is 12.0. The van der Waals surface area contributed by atoms with E-state index >= 15 is 0 Å². The van der Waals surface area contributed by atoms with Gasteiger partial charge in [-0.25, -0.2) is 4.68 Å². The smallest absolute Gasteiger partial charge is 0.302 e. The first-order valence-corrected chi connectivity index (χ1v) is 6.62. The first-order chi connectivity index (χ1) is 10.0. The van der Waals surface area contributed by atoms with Crippen LogP contribution in [0, 0.1) is 0 Å². The highest BCUT2D eigenvalue weighted by atomic mass is 16.5. The largest absolute Gasteiger partial charge is 0.461 e. The molecule has 0 saturated heterocycles. The summed E-state index contributed by atoms with van der Waals surface area (Å²) in [6, 6.07) is 9.34. The van der Waals surface area contributed by atoms with Crippen LogP contribution in [-0.4, -0.2) is 15.7 Å². The minimum atomic E-state index is -0.437. The fourth-order valence-electron chi connectivity index (χ4n) is 1.98. The number of rotatable bonds is 4. The van der Waals surface area contributed by atoms with Crippen LogP contribution in [0.1, 0.15) is 19.4 Å². The summed E-state index contributed by atoms with van der Waals surface area (Å²) in [5.41, 5.74) is 7.41. The van der Waals surface area contributed by atoms with Gasteiger partial charge < -0.3 is 10.5 Å². The molecule has 2 aromatic rings. The number of nitrogen functional groups attached to an aromatic ring is 1. The maximum Gasteiger partial charge on any atom is 0.302 e. The molecular weight excluding hydrogens is 270 g/mol. The van der Waals surface area contributed by atoms with E-state index in [0.29, 0.717) is 17.8 Å². The van der Waals surface area contributed by atoms with Crippen molar-refractivity contribution in [2.75, 3.05) is 5.73 Å². The molecule has 0 amide bonds. The normalized spacial score (nSPS) is 10.4. The summed E-state index contributed by atoms with van der Waals surface area (Å²) < 4.78 is 6.29. The molecule has 1 heterocycles. The first kappa shape index (κ1) is 14.8. The Morgan fingerprint density at radius 1 is 1.33 bits per heavy atom. The molecule has 0 bridgehead atoms. The second-order valence-corrected chi connectivity index (χ2v) is 4.51. The number of ether oxygens (including phenoxy) is 1. The number of hydrogen-bond donors (Lipinski definition) is 1. The lowest BCUT2D eigenvalue weighted by molar-refractivity contribution is -0.142. The molecule has 0 unspecified atom stereocenters. The summed E-state index contributed by atoms with van der Waals surface area (Å²) in [5, 5.41) is 4.33. The van der Waals surface area contributed by atoms with E-state index in [-0.39, 0.29) is 17.9 Å². The molecule has 1 aromatic heterocycles. The Bertz CT molecular complexity index is 708. The maximum atomic E-state index is 12.1. The summed E-state index contributed by atoms with van der Waals surface area (Å²) in [7, 11) is 0. The summed E-state index contributed by atoms with van der Waals surface area (Å²) in [5.74, 6) is -0.437. The number of aryl methyl sites for hydroxylation is 1. The van der Waals surface area contributed by atoms with Gasteiger partial charge in [-0.2, -0.15) is 5.10 Å². The highest BCUT2D eigenvalue weighted by Gasteiger charge is 2.17. The molecule has 110 valence electrons. The standard InChI is InChI=1S/C15H17N3O3/c1-3-18-15(20)13(16)12(9-21-10(2)19)14(17-18)11-7-5-4-6-8-11/h4-8H,3,9,16H2,1-2H3. The van der Waals surface area contributed by atoms with Crippen molar-refractivity contribution in [1.82, 2.24) is 9.78 Å². The van der Waals surface area contributed by atoms with Gasteiger partial charge in [0.25, 0.3) is 5.56 Å². The number of carbonyl (C=O) groups excluding carboxylic acids is 1. The van der Waals surface area contributed by atoms with Crippen molar-refractivity contribution in [3.05, 3.63) is 46.2 Å². The molecule has 0 atom stereocenters. The predicted molar refractivity (Wildman–Crippen MR) is 79.5 cm³/mol. The number of benzene rings is 1. The molecule has 0 aliphatic heterocycles. The molecular formula is C15H17N3O3. The zero-order chi connectivity index (χ0) is 15.4. The van der Waals surface area contributed by atoms with Crippen LogP contribution in [0.2, 0.25) is 0 Å². The molecule has 0 saturated carbocycles. The molecule has 2 N–H and O–H groups in total. The van der Waals surface area contributed by atoms with E-state index in [9.17, 15) is 9.59 Å².